The first-order valence-electron chi connectivity index (χ1n) is 6.51. The van der Waals surface area contributed by atoms with Gasteiger partial charge in [-0.3, -0.25) is 4.79 Å². The summed E-state index contributed by atoms with van der Waals surface area (Å²) in [6, 6.07) is 10.5. The van der Waals surface area contributed by atoms with Crippen LogP contribution in [0.5, 0.6) is 17.2 Å². The van der Waals surface area contributed by atoms with Crippen molar-refractivity contribution in [1.82, 2.24) is 0 Å². The van der Waals surface area contributed by atoms with Gasteiger partial charge in [0.25, 0.3) is 0 Å². The van der Waals surface area contributed by atoms with Gasteiger partial charge in [-0.1, -0.05) is 0 Å². The molecule has 0 saturated heterocycles. The van der Waals surface area contributed by atoms with Gasteiger partial charge in [-0.15, -0.1) is 0 Å². The van der Waals surface area contributed by atoms with Crippen molar-refractivity contribution in [1.29, 1.82) is 0 Å². The van der Waals surface area contributed by atoms with Gasteiger partial charge in [0.15, 0.2) is 5.78 Å². The molecule has 2 aromatic rings. The topological polar surface area (TPSA) is 44.8 Å². The molecule has 0 unspecified atom stereocenters. The van der Waals surface area contributed by atoms with Crippen molar-refractivity contribution in [3.63, 3.8) is 0 Å². The fourth-order valence-electron chi connectivity index (χ4n) is 2.11. The summed E-state index contributed by atoms with van der Waals surface area (Å²) in [5.41, 5.74) is 2.02. The average molecular weight is 286 g/mol. The first-order valence-corrected chi connectivity index (χ1v) is 6.51. The van der Waals surface area contributed by atoms with Gasteiger partial charge in [0.05, 0.1) is 21.3 Å². The number of carbonyl (C=O) groups is 1. The van der Waals surface area contributed by atoms with Crippen LogP contribution in [0.1, 0.15) is 21.5 Å². The smallest absolute Gasteiger partial charge is 0.193 e. The zero-order valence-corrected chi connectivity index (χ0v) is 12.6. The third-order valence-electron chi connectivity index (χ3n) is 3.29. The van der Waals surface area contributed by atoms with Gasteiger partial charge >= 0.3 is 0 Å². The summed E-state index contributed by atoms with van der Waals surface area (Å²) in [4.78, 5) is 12.7. The van der Waals surface area contributed by atoms with Crippen LogP contribution >= 0.6 is 0 Å². The Bertz CT molecular complexity index is 640. The standard InChI is InChI=1S/C17H18O4/c1-11-7-13(19-2)5-6-16(11)17(18)12-8-14(20-3)10-15(9-12)21-4/h5-10H,1-4H3. The fraction of sp³-hybridized carbons (Fsp3) is 0.235. The van der Waals surface area contributed by atoms with Crippen LogP contribution in [-0.4, -0.2) is 27.1 Å². The molecule has 0 fully saturated rings. The highest BCUT2D eigenvalue weighted by Gasteiger charge is 2.14. The summed E-state index contributed by atoms with van der Waals surface area (Å²) < 4.78 is 15.6. The lowest BCUT2D eigenvalue weighted by atomic mass is 9.98. The first kappa shape index (κ1) is 14.9. The SMILES string of the molecule is COc1cc(OC)cc(C(=O)c2ccc(OC)cc2C)c1. The van der Waals surface area contributed by atoms with Crippen LogP contribution in [-0.2, 0) is 0 Å². The molecule has 110 valence electrons. The minimum atomic E-state index is -0.0765. The Kier molecular flexibility index (Phi) is 4.48. The maximum atomic E-state index is 12.7. The highest BCUT2D eigenvalue weighted by Crippen LogP contribution is 2.26. The van der Waals surface area contributed by atoms with Crippen LogP contribution in [0.4, 0.5) is 0 Å². The number of benzene rings is 2. The Morgan fingerprint density at radius 2 is 1.38 bits per heavy atom. The lowest BCUT2D eigenvalue weighted by molar-refractivity contribution is 0.103. The van der Waals surface area contributed by atoms with Gasteiger partial charge in [-0.25, -0.2) is 0 Å². The summed E-state index contributed by atoms with van der Waals surface area (Å²) >= 11 is 0. The number of carbonyl (C=O) groups excluding carboxylic acids is 1. The molecule has 2 aromatic carbocycles. The third kappa shape index (κ3) is 3.16. The van der Waals surface area contributed by atoms with Gasteiger partial charge in [-0.05, 0) is 42.8 Å². The minimum Gasteiger partial charge on any atom is -0.497 e. The predicted molar refractivity (Wildman–Crippen MR) is 80.7 cm³/mol. The molecule has 0 atom stereocenters. The largest absolute Gasteiger partial charge is 0.497 e. The van der Waals surface area contributed by atoms with Crippen molar-refractivity contribution >= 4 is 5.78 Å². The van der Waals surface area contributed by atoms with Crippen molar-refractivity contribution in [3.8, 4) is 17.2 Å². The number of hydrogen-bond acceptors (Lipinski definition) is 4. The molecule has 4 heteroatoms. The Hall–Kier alpha value is -2.49. The Balaban J connectivity index is 2.44. The normalized spacial score (nSPS) is 10.1. The third-order valence-corrected chi connectivity index (χ3v) is 3.29. The van der Waals surface area contributed by atoms with Crippen molar-refractivity contribution in [2.24, 2.45) is 0 Å². The van der Waals surface area contributed by atoms with Crippen LogP contribution in [0.2, 0.25) is 0 Å². The Morgan fingerprint density at radius 1 is 0.810 bits per heavy atom. The average Bonchev–Trinajstić information content (AvgIpc) is 2.53. The molecule has 21 heavy (non-hydrogen) atoms. The van der Waals surface area contributed by atoms with Gasteiger partial charge in [0.2, 0.25) is 0 Å². The number of hydrogen-bond donors (Lipinski definition) is 0. The number of methoxy groups -OCH3 is 3. The van der Waals surface area contributed by atoms with Crippen LogP contribution < -0.4 is 14.2 Å². The summed E-state index contributed by atoms with van der Waals surface area (Å²) in [6.45, 7) is 1.88. The van der Waals surface area contributed by atoms with E-state index in [-0.39, 0.29) is 5.78 Å². The molecule has 0 aliphatic heterocycles. The fourth-order valence-corrected chi connectivity index (χ4v) is 2.11. The molecule has 0 heterocycles. The van der Waals surface area contributed by atoms with Crippen molar-refractivity contribution in [2.45, 2.75) is 6.92 Å². The van der Waals surface area contributed by atoms with E-state index in [1.807, 2.05) is 13.0 Å². The molecule has 0 spiro atoms. The number of ether oxygens (including phenoxy) is 3. The van der Waals surface area contributed by atoms with Gasteiger partial charge < -0.3 is 14.2 Å². The molecule has 0 radical (unpaired) electrons. The molecule has 0 aliphatic rings. The van der Waals surface area contributed by atoms with Gasteiger partial charge in [-0.2, -0.15) is 0 Å². The lowest BCUT2D eigenvalue weighted by Crippen LogP contribution is -2.05. The molecule has 0 amide bonds. The molecular formula is C17H18O4. The second kappa shape index (κ2) is 6.31. The maximum absolute atomic E-state index is 12.7. The molecule has 0 bridgehead atoms. The lowest BCUT2D eigenvalue weighted by Gasteiger charge is -2.10. The number of ketones is 1. The first-order chi connectivity index (χ1) is 10.1. The van der Waals surface area contributed by atoms with E-state index in [4.69, 9.17) is 14.2 Å². The second-order valence-corrected chi connectivity index (χ2v) is 4.61. The zero-order chi connectivity index (χ0) is 15.4. The zero-order valence-electron chi connectivity index (χ0n) is 12.6. The van der Waals surface area contributed by atoms with Crippen LogP contribution in [0.3, 0.4) is 0 Å². The van der Waals surface area contributed by atoms with Crippen molar-refractivity contribution < 1.29 is 19.0 Å². The van der Waals surface area contributed by atoms with E-state index in [2.05, 4.69) is 0 Å². The van der Waals surface area contributed by atoms with Crippen molar-refractivity contribution in [2.75, 3.05) is 21.3 Å². The van der Waals surface area contributed by atoms with E-state index in [0.29, 0.717) is 22.6 Å². The molecular weight excluding hydrogens is 268 g/mol. The molecule has 0 aromatic heterocycles. The molecule has 0 N–H and O–H groups in total. The summed E-state index contributed by atoms with van der Waals surface area (Å²) in [5, 5.41) is 0. The van der Waals surface area contributed by atoms with E-state index in [1.165, 1.54) is 0 Å². The molecule has 2 rings (SSSR count). The monoisotopic (exact) mass is 286 g/mol. The van der Waals surface area contributed by atoms with Crippen LogP contribution in [0.25, 0.3) is 0 Å². The Labute approximate surface area is 124 Å². The van der Waals surface area contributed by atoms with E-state index in [0.717, 1.165) is 11.3 Å². The van der Waals surface area contributed by atoms with Crippen LogP contribution in [0, 0.1) is 6.92 Å². The number of rotatable bonds is 5. The molecule has 0 aliphatic carbocycles. The quantitative estimate of drug-likeness (QED) is 0.791. The van der Waals surface area contributed by atoms with E-state index in [9.17, 15) is 4.79 Å². The van der Waals surface area contributed by atoms with E-state index >= 15 is 0 Å². The van der Waals surface area contributed by atoms with Gasteiger partial charge in [0.1, 0.15) is 17.2 Å². The van der Waals surface area contributed by atoms with E-state index in [1.54, 1.807) is 51.7 Å². The maximum Gasteiger partial charge on any atom is 0.193 e. The number of aryl methyl sites for hydroxylation is 1. The summed E-state index contributed by atoms with van der Waals surface area (Å²) in [7, 11) is 4.71. The Morgan fingerprint density at radius 3 is 1.86 bits per heavy atom. The summed E-state index contributed by atoms with van der Waals surface area (Å²) in [6.07, 6.45) is 0. The minimum absolute atomic E-state index is 0.0765. The van der Waals surface area contributed by atoms with E-state index < -0.39 is 0 Å². The second-order valence-electron chi connectivity index (χ2n) is 4.61. The molecule has 4 nitrogen and oxygen atoms in total. The highest BCUT2D eigenvalue weighted by atomic mass is 16.5. The van der Waals surface area contributed by atoms with Gasteiger partial charge in [0, 0.05) is 17.2 Å². The molecule has 0 saturated carbocycles. The summed E-state index contributed by atoms with van der Waals surface area (Å²) in [5.74, 6) is 1.83. The van der Waals surface area contributed by atoms with Crippen LogP contribution in [0.15, 0.2) is 36.4 Å². The highest BCUT2D eigenvalue weighted by molar-refractivity contribution is 6.10. The van der Waals surface area contributed by atoms with Crippen molar-refractivity contribution in [3.05, 3.63) is 53.1 Å². The predicted octanol–water partition coefficient (Wildman–Crippen LogP) is 3.25.